The summed E-state index contributed by atoms with van der Waals surface area (Å²) in [4.78, 5) is 49.6. The molecule has 0 spiro atoms. The van der Waals surface area contributed by atoms with Crippen LogP contribution in [0.2, 0.25) is 0 Å². The van der Waals surface area contributed by atoms with Gasteiger partial charge in [-0.05, 0) is 55.4 Å². The molecule has 1 aliphatic heterocycles. The molecule has 190 valence electrons. The summed E-state index contributed by atoms with van der Waals surface area (Å²) < 4.78 is 5.15. The molecule has 1 saturated heterocycles. The topological polar surface area (TPSA) is 114 Å². The lowest BCUT2D eigenvalue weighted by atomic mass is 9.84. The first-order chi connectivity index (χ1) is 17.0. The molecule has 35 heavy (non-hydrogen) atoms. The third-order valence-electron chi connectivity index (χ3n) is 6.90. The standard InChI is InChI=1S/C27H37N3O5/c1-35-23-12-9-19(10-13-23)11-14-25(32)30-24(16-20-6-3-2-4-7-20)27(34)29-22(18-31)17-21-8-5-15-28-26(21)33/h9-14,18,20-22,24H,2-8,15-17H2,1H3,(H,28,33)(H,29,34)(H,30,32)/b14-11+/t21?,22-,24-/m0/s1. The quantitative estimate of drug-likeness (QED) is 0.331. The molecule has 8 heteroatoms. The third-order valence-corrected chi connectivity index (χ3v) is 6.90. The number of benzene rings is 1. The van der Waals surface area contributed by atoms with Gasteiger partial charge in [-0.25, -0.2) is 0 Å². The van der Waals surface area contributed by atoms with Crippen molar-refractivity contribution in [2.75, 3.05) is 13.7 Å². The number of hydrogen-bond acceptors (Lipinski definition) is 5. The maximum Gasteiger partial charge on any atom is 0.244 e. The number of rotatable bonds is 11. The van der Waals surface area contributed by atoms with E-state index in [1.807, 2.05) is 24.3 Å². The summed E-state index contributed by atoms with van der Waals surface area (Å²) in [5, 5.41) is 8.43. The maximum atomic E-state index is 13.2. The first-order valence-electron chi connectivity index (χ1n) is 12.6. The molecule has 1 heterocycles. The number of methoxy groups -OCH3 is 1. The zero-order chi connectivity index (χ0) is 25.0. The van der Waals surface area contributed by atoms with Crippen molar-refractivity contribution in [1.29, 1.82) is 0 Å². The molecule has 1 aliphatic carbocycles. The Bertz CT molecular complexity index is 893. The third kappa shape index (κ3) is 8.53. The average molecular weight is 484 g/mol. The van der Waals surface area contributed by atoms with Crippen molar-refractivity contribution in [1.82, 2.24) is 16.0 Å². The molecular weight excluding hydrogens is 446 g/mol. The number of nitrogens with one attached hydrogen (secondary N) is 3. The Morgan fingerprint density at radius 3 is 2.46 bits per heavy atom. The molecule has 3 N–H and O–H groups in total. The number of hydrogen-bond donors (Lipinski definition) is 3. The van der Waals surface area contributed by atoms with Crippen molar-refractivity contribution in [3.63, 3.8) is 0 Å². The second-order valence-electron chi connectivity index (χ2n) is 9.52. The minimum absolute atomic E-state index is 0.0759. The summed E-state index contributed by atoms with van der Waals surface area (Å²) >= 11 is 0. The van der Waals surface area contributed by atoms with Crippen molar-refractivity contribution >= 4 is 30.1 Å². The summed E-state index contributed by atoms with van der Waals surface area (Å²) in [5.74, 6) is -0.0391. The van der Waals surface area contributed by atoms with Crippen LogP contribution in [-0.2, 0) is 19.2 Å². The van der Waals surface area contributed by atoms with Gasteiger partial charge in [-0.1, -0.05) is 44.2 Å². The maximum absolute atomic E-state index is 13.2. The summed E-state index contributed by atoms with van der Waals surface area (Å²) in [5.41, 5.74) is 0.834. The Kier molecular flexibility index (Phi) is 10.3. The largest absolute Gasteiger partial charge is 0.497 e. The number of aldehydes is 1. The molecule has 3 rings (SSSR count). The molecule has 8 nitrogen and oxygen atoms in total. The molecule has 3 amide bonds. The van der Waals surface area contributed by atoms with Gasteiger partial charge >= 0.3 is 0 Å². The van der Waals surface area contributed by atoms with E-state index in [1.165, 1.54) is 12.5 Å². The summed E-state index contributed by atoms with van der Waals surface area (Å²) in [7, 11) is 1.59. The summed E-state index contributed by atoms with van der Waals surface area (Å²) in [6.07, 6.45) is 11.6. The van der Waals surface area contributed by atoms with E-state index >= 15 is 0 Å². The Labute approximate surface area is 207 Å². The molecule has 0 aromatic heterocycles. The van der Waals surface area contributed by atoms with E-state index < -0.39 is 12.1 Å². The molecule has 1 unspecified atom stereocenters. The summed E-state index contributed by atoms with van der Waals surface area (Å²) in [6, 6.07) is 5.78. The van der Waals surface area contributed by atoms with Gasteiger partial charge in [0.1, 0.15) is 18.1 Å². The van der Waals surface area contributed by atoms with E-state index in [1.54, 1.807) is 13.2 Å². The van der Waals surface area contributed by atoms with E-state index in [0.717, 1.165) is 43.4 Å². The SMILES string of the molecule is COc1ccc(/C=C/C(=O)N[C@@H](CC2CCCCC2)C(=O)N[C@H](C=O)CC2CCCNC2=O)cc1. The van der Waals surface area contributed by atoms with Crippen LogP contribution in [0.15, 0.2) is 30.3 Å². The molecule has 2 fully saturated rings. The first-order valence-corrected chi connectivity index (χ1v) is 12.6. The van der Waals surface area contributed by atoms with E-state index in [-0.39, 0.29) is 30.1 Å². The second-order valence-corrected chi connectivity index (χ2v) is 9.52. The van der Waals surface area contributed by atoms with Gasteiger partial charge in [0.25, 0.3) is 0 Å². The Balaban J connectivity index is 1.63. The molecule has 0 bridgehead atoms. The number of amides is 3. The van der Waals surface area contributed by atoms with Gasteiger partial charge in [-0.2, -0.15) is 0 Å². The lowest BCUT2D eigenvalue weighted by Crippen LogP contribution is -2.51. The van der Waals surface area contributed by atoms with Crippen molar-refractivity contribution < 1.29 is 23.9 Å². The molecule has 1 aromatic rings. The van der Waals surface area contributed by atoms with Gasteiger partial charge in [0.05, 0.1) is 13.2 Å². The predicted molar refractivity (Wildman–Crippen MR) is 133 cm³/mol. The van der Waals surface area contributed by atoms with E-state index in [0.29, 0.717) is 31.6 Å². The average Bonchev–Trinajstić information content (AvgIpc) is 2.88. The lowest BCUT2D eigenvalue weighted by molar-refractivity contribution is -0.130. The highest BCUT2D eigenvalue weighted by molar-refractivity contribution is 5.96. The monoisotopic (exact) mass is 483 g/mol. The Morgan fingerprint density at radius 1 is 1.06 bits per heavy atom. The van der Waals surface area contributed by atoms with E-state index in [9.17, 15) is 19.2 Å². The normalized spacial score (nSPS) is 20.5. The number of ether oxygens (including phenoxy) is 1. The van der Waals surface area contributed by atoms with Gasteiger partial charge in [-0.15, -0.1) is 0 Å². The predicted octanol–water partition coefficient (Wildman–Crippen LogP) is 2.76. The van der Waals surface area contributed by atoms with Crippen LogP contribution in [0.1, 0.15) is 63.4 Å². The summed E-state index contributed by atoms with van der Waals surface area (Å²) in [6.45, 7) is 0.646. The fraction of sp³-hybridized carbons (Fsp3) is 0.556. The van der Waals surface area contributed by atoms with Crippen LogP contribution in [0.25, 0.3) is 6.08 Å². The fourth-order valence-corrected chi connectivity index (χ4v) is 4.89. The smallest absolute Gasteiger partial charge is 0.244 e. The van der Waals surface area contributed by atoms with Crippen LogP contribution in [-0.4, -0.2) is 49.7 Å². The second kappa shape index (κ2) is 13.7. The Morgan fingerprint density at radius 2 is 1.80 bits per heavy atom. The van der Waals surface area contributed by atoms with Gasteiger partial charge in [0, 0.05) is 18.5 Å². The number of carbonyl (C=O) groups excluding carboxylic acids is 4. The van der Waals surface area contributed by atoms with Crippen LogP contribution in [0, 0.1) is 11.8 Å². The molecule has 1 saturated carbocycles. The van der Waals surface area contributed by atoms with Crippen LogP contribution in [0.3, 0.4) is 0 Å². The lowest BCUT2D eigenvalue weighted by Gasteiger charge is -2.28. The highest BCUT2D eigenvalue weighted by atomic mass is 16.5. The number of piperidine rings is 1. The highest BCUT2D eigenvalue weighted by Gasteiger charge is 2.30. The van der Waals surface area contributed by atoms with Crippen molar-refractivity contribution in [3.8, 4) is 5.75 Å². The fourth-order valence-electron chi connectivity index (χ4n) is 4.89. The van der Waals surface area contributed by atoms with Crippen LogP contribution in [0.5, 0.6) is 5.75 Å². The molecule has 3 atom stereocenters. The van der Waals surface area contributed by atoms with Gasteiger partial charge in [-0.3, -0.25) is 14.4 Å². The Hall–Kier alpha value is -3.16. The van der Waals surface area contributed by atoms with Crippen LogP contribution < -0.4 is 20.7 Å². The number of carbonyl (C=O) groups is 4. The van der Waals surface area contributed by atoms with Gasteiger partial charge < -0.3 is 25.5 Å². The van der Waals surface area contributed by atoms with E-state index in [4.69, 9.17) is 4.74 Å². The van der Waals surface area contributed by atoms with Crippen molar-refractivity contribution in [2.24, 2.45) is 11.8 Å². The van der Waals surface area contributed by atoms with Gasteiger partial charge in [0.15, 0.2) is 0 Å². The van der Waals surface area contributed by atoms with Gasteiger partial charge in [0.2, 0.25) is 17.7 Å². The highest BCUT2D eigenvalue weighted by Crippen LogP contribution is 2.27. The van der Waals surface area contributed by atoms with Crippen LogP contribution in [0.4, 0.5) is 0 Å². The molecular formula is C27H37N3O5. The zero-order valence-corrected chi connectivity index (χ0v) is 20.5. The van der Waals surface area contributed by atoms with E-state index in [2.05, 4.69) is 16.0 Å². The minimum Gasteiger partial charge on any atom is -0.497 e. The molecule has 2 aliphatic rings. The minimum atomic E-state index is -0.767. The van der Waals surface area contributed by atoms with Crippen LogP contribution >= 0.6 is 0 Å². The van der Waals surface area contributed by atoms with Crippen molar-refractivity contribution in [2.45, 2.75) is 69.9 Å². The van der Waals surface area contributed by atoms with Crippen molar-refractivity contribution in [3.05, 3.63) is 35.9 Å². The first kappa shape index (κ1) is 26.4. The molecule has 1 aromatic carbocycles. The zero-order valence-electron chi connectivity index (χ0n) is 20.5. The molecule has 0 radical (unpaired) electrons.